The van der Waals surface area contributed by atoms with Crippen molar-refractivity contribution in [1.82, 2.24) is 15.1 Å². The lowest BCUT2D eigenvalue weighted by Crippen LogP contribution is -2.51. The van der Waals surface area contributed by atoms with Gasteiger partial charge in [-0.25, -0.2) is 0 Å². The molecule has 0 bridgehead atoms. The van der Waals surface area contributed by atoms with E-state index >= 15 is 0 Å². The number of benzene rings is 2. The number of aliphatic hydroxyl groups is 1. The smallest absolute Gasteiger partial charge is 0.269 e. The first kappa shape index (κ1) is 28.2. The van der Waals surface area contributed by atoms with Crippen molar-refractivity contribution in [3.8, 4) is 0 Å². The summed E-state index contributed by atoms with van der Waals surface area (Å²) < 4.78 is 5.43. The first-order valence-electron chi connectivity index (χ1n) is 14.3. The molecule has 2 heterocycles. The molecule has 2 N–H and O–H groups in total. The van der Waals surface area contributed by atoms with Gasteiger partial charge in [0.05, 0.1) is 30.8 Å². The number of aliphatic hydroxyl groups excluding tert-OH is 1. The van der Waals surface area contributed by atoms with E-state index < -0.39 is 16.4 Å². The minimum atomic E-state index is -1.27. The minimum absolute atomic E-state index is 0.0167. The van der Waals surface area contributed by atoms with Crippen molar-refractivity contribution < 1.29 is 24.4 Å². The van der Waals surface area contributed by atoms with Crippen molar-refractivity contribution in [2.24, 2.45) is 0 Å². The third-order valence-corrected chi connectivity index (χ3v) is 8.72. The van der Waals surface area contributed by atoms with E-state index in [0.717, 1.165) is 56.3 Å². The number of rotatable bonds is 9. The molecule has 10 nitrogen and oxygen atoms in total. The fraction of sp³-hybridized carbons (Fsp3) is 0.533. The summed E-state index contributed by atoms with van der Waals surface area (Å²) in [6.45, 7) is 3.91. The summed E-state index contributed by atoms with van der Waals surface area (Å²) in [6, 6.07) is 13.0. The quantitative estimate of drug-likeness (QED) is 0.363. The number of carbonyl (C=O) groups is 2. The van der Waals surface area contributed by atoms with Gasteiger partial charge in [0.1, 0.15) is 5.41 Å². The van der Waals surface area contributed by atoms with Crippen LogP contribution in [0.1, 0.15) is 61.3 Å². The average Bonchev–Trinajstić information content (AvgIpc) is 3.32. The molecule has 0 radical (unpaired) electrons. The minimum Gasteiger partial charge on any atom is -0.392 e. The predicted molar refractivity (Wildman–Crippen MR) is 148 cm³/mol. The van der Waals surface area contributed by atoms with Crippen LogP contribution in [-0.4, -0.2) is 77.1 Å². The zero-order chi connectivity index (χ0) is 28.1. The first-order chi connectivity index (χ1) is 19.4. The summed E-state index contributed by atoms with van der Waals surface area (Å²) in [5, 5.41) is 24.2. The second-order valence-corrected chi connectivity index (χ2v) is 11.1. The van der Waals surface area contributed by atoms with Gasteiger partial charge < -0.3 is 20.1 Å². The summed E-state index contributed by atoms with van der Waals surface area (Å²) in [7, 11) is 0. The number of ether oxygens (including phenoxy) is 1. The second-order valence-electron chi connectivity index (χ2n) is 11.1. The lowest BCUT2D eigenvalue weighted by atomic mass is 9.70. The Morgan fingerprint density at radius 3 is 2.35 bits per heavy atom. The SMILES string of the molecule is O=C1C[C@@](C(=O)NCCN2CCOCC2)(c2ccc([N+](=O)[O-])cc2)[C@@H](c2ccc(CO)cc2)N1C1CCCCC1. The van der Waals surface area contributed by atoms with Gasteiger partial charge in [0.2, 0.25) is 11.8 Å². The van der Waals surface area contributed by atoms with Crippen LogP contribution in [0.5, 0.6) is 0 Å². The molecule has 2 amide bonds. The Balaban J connectivity index is 1.56. The standard InChI is InChI=1S/C30H38N4O6/c35-21-22-6-8-23(9-7-22)28-30(24-10-12-26(13-11-24)34(38)39,20-27(36)33(28)25-4-2-1-3-5-25)29(37)31-14-15-32-16-18-40-19-17-32/h6-13,25,28,35H,1-5,14-21H2,(H,31,37)/t28-,30-/m1/s1. The first-order valence-corrected chi connectivity index (χ1v) is 14.3. The maximum absolute atomic E-state index is 14.4. The fourth-order valence-electron chi connectivity index (χ4n) is 6.62. The van der Waals surface area contributed by atoms with Crippen LogP contribution in [0, 0.1) is 10.1 Å². The van der Waals surface area contributed by atoms with Gasteiger partial charge >= 0.3 is 0 Å². The second kappa shape index (κ2) is 12.4. The third-order valence-electron chi connectivity index (χ3n) is 8.72. The highest BCUT2D eigenvalue weighted by Gasteiger charge is 2.59. The molecule has 2 aromatic rings. The monoisotopic (exact) mass is 550 g/mol. The maximum atomic E-state index is 14.4. The van der Waals surface area contributed by atoms with Gasteiger partial charge in [0.15, 0.2) is 0 Å². The van der Waals surface area contributed by atoms with E-state index in [1.54, 1.807) is 12.1 Å². The Morgan fingerprint density at radius 1 is 1.05 bits per heavy atom. The molecule has 2 atom stereocenters. The number of likely N-dealkylation sites (tertiary alicyclic amines) is 1. The number of hydrogen-bond donors (Lipinski definition) is 2. The van der Waals surface area contributed by atoms with E-state index in [4.69, 9.17) is 4.74 Å². The van der Waals surface area contributed by atoms with Gasteiger partial charge in [0.25, 0.3) is 5.69 Å². The number of amides is 2. The van der Waals surface area contributed by atoms with Crippen molar-refractivity contribution in [2.75, 3.05) is 39.4 Å². The van der Waals surface area contributed by atoms with E-state index in [2.05, 4.69) is 10.2 Å². The van der Waals surface area contributed by atoms with Crippen molar-refractivity contribution in [3.05, 3.63) is 75.3 Å². The van der Waals surface area contributed by atoms with Crippen LogP contribution < -0.4 is 5.32 Å². The average molecular weight is 551 g/mol. The lowest BCUT2D eigenvalue weighted by molar-refractivity contribution is -0.384. The Hall–Kier alpha value is -3.34. The number of nitro groups is 1. The molecule has 0 spiro atoms. The normalized spacial score (nSPS) is 24.3. The topological polar surface area (TPSA) is 125 Å². The molecule has 0 unspecified atom stereocenters. The summed E-state index contributed by atoms with van der Waals surface area (Å²) in [5.74, 6) is -0.331. The predicted octanol–water partition coefficient (Wildman–Crippen LogP) is 3.08. The van der Waals surface area contributed by atoms with Crippen LogP contribution in [0.15, 0.2) is 48.5 Å². The number of carbonyl (C=O) groups excluding carboxylic acids is 2. The number of nitro benzene ring substituents is 1. The third kappa shape index (κ3) is 5.61. The highest BCUT2D eigenvalue weighted by Crippen LogP contribution is 2.52. The summed E-state index contributed by atoms with van der Waals surface area (Å²) in [6.07, 6.45) is 4.93. The van der Waals surface area contributed by atoms with E-state index in [1.165, 1.54) is 12.1 Å². The molecule has 3 fully saturated rings. The molecule has 2 saturated heterocycles. The number of morpholine rings is 1. The van der Waals surface area contributed by atoms with E-state index in [9.17, 15) is 24.8 Å². The Bertz CT molecular complexity index is 1190. The molecule has 0 aromatic heterocycles. The lowest BCUT2D eigenvalue weighted by Gasteiger charge is -2.42. The van der Waals surface area contributed by atoms with Crippen LogP contribution in [0.2, 0.25) is 0 Å². The van der Waals surface area contributed by atoms with Crippen LogP contribution in [-0.2, 0) is 26.3 Å². The maximum Gasteiger partial charge on any atom is 0.269 e. The number of hydrogen-bond acceptors (Lipinski definition) is 7. The molecular formula is C30H38N4O6. The molecule has 5 rings (SSSR count). The Morgan fingerprint density at radius 2 is 1.73 bits per heavy atom. The van der Waals surface area contributed by atoms with Crippen molar-refractivity contribution in [3.63, 3.8) is 0 Å². The van der Waals surface area contributed by atoms with Crippen molar-refractivity contribution >= 4 is 17.5 Å². The highest BCUT2D eigenvalue weighted by atomic mass is 16.6. The van der Waals surface area contributed by atoms with Gasteiger partial charge in [-0.2, -0.15) is 0 Å². The van der Waals surface area contributed by atoms with Crippen molar-refractivity contribution in [1.29, 1.82) is 0 Å². The molecule has 40 heavy (non-hydrogen) atoms. The van der Waals surface area contributed by atoms with Gasteiger partial charge in [0, 0.05) is 50.8 Å². The number of non-ortho nitro benzene ring substituents is 1. The molecule has 2 aliphatic heterocycles. The molecule has 3 aliphatic rings. The Kier molecular flexibility index (Phi) is 8.78. The van der Waals surface area contributed by atoms with E-state index in [1.807, 2.05) is 29.2 Å². The fourth-order valence-corrected chi connectivity index (χ4v) is 6.62. The molecule has 1 aliphatic carbocycles. The Labute approximate surface area is 234 Å². The molecule has 1 saturated carbocycles. The van der Waals surface area contributed by atoms with E-state index in [-0.39, 0.29) is 36.6 Å². The molecular weight excluding hydrogens is 512 g/mol. The molecule has 10 heteroatoms. The highest BCUT2D eigenvalue weighted by molar-refractivity contribution is 5.98. The summed E-state index contributed by atoms with van der Waals surface area (Å²) >= 11 is 0. The largest absolute Gasteiger partial charge is 0.392 e. The van der Waals surface area contributed by atoms with Gasteiger partial charge in [-0.05, 0) is 29.5 Å². The van der Waals surface area contributed by atoms with Crippen LogP contribution in [0.3, 0.4) is 0 Å². The summed E-state index contributed by atoms with van der Waals surface area (Å²) in [4.78, 5) is 43.5. The van der Waals surface area contributed by atoms with Gasteiger partial charge in [-0.3, -0.25) is 24.6 Å². The van der Waals surface area contributed by atoms with Crippen LogP contribution in [0.4, 0.5) is 5.69 Å². The van der Waals surface area contributed by atoms with Crippen LogP contribution >= 0.6 is 0 Å². The molecule has 214 valence electrons. The molecule has 2 aromatic carbocycles. The van der Waals surface area contributed by atoms with E-state index in [0.29, 0.717) is 31.9 Å². The van der Waals surface area contributed by atoms with Crippen molar-refractivity contribution in [2.45, 2.75) is 62.6 Å². The zero-order valence-electron chi connectivity index (χ0n) is 22.8. The number of nitrogens with one attached hydrogen (secondary N) is 1. The van der Waals surface area contributed by atoms with Gasteiger partial charge in [-0.1, -0.05) is 55.7 Å². The number of nitrogens with zero attached hydrogens (tertiary/aromatic N) is 3. The van der Waals surface area contributed by atoms with Crippen LogP contribution in [0.25, 0.3) is 0 Å². The summed E-state index contributed by atoms with van der Waals surface area (Å²) in [5.41, 5.74) is 0.812. The van der Waals surface area contributed by atoms with Gasteiger partial charge in [-0.15, -0.1) is 0 Å². The zero-order valence-corrected chi connectivity index (χ0v) is 22.8.